The molecule has 4 unspecified atom stereocenters. The fourth-order valence-corrected chi connectivity index (χ4v) is 3.68. The predicted molar refractivity (Wildman–Crippen MR) is 63.2 cm³/mol. The van der Waals surface area contributed by atoms with Crippen molar-refractivity contribution in [1.29, 1.82) is 0 Å². The first-order valence-electron chi connectivity index (χ1n) is 5.97. The Kier molecular flexibility index (Phi) is 3.90. The van der Waals surface area contributed by atoms with E-state index in [1.165, 1.54) is 0 Å². The number of fused-ring (bicyclic) bond motifs is 1. The molecule has 0 radical (unpaired) electrons. The molecule has 7 nitrogen and oxygen atoms in total. The van der Waals surface area contributed by atoms with E-state index < -0.39 is 27.8 Å². The molecule has 0 spiro atoms. The smallest absolute Gasteiger partial charge is 0.322 e. The second-order valence-electron chi connectivity index (χ2n) is 4.57. The number of rotatable bonds is 5. The van der Waals surface area contributed by atoms with Gasteiger partial charge in [0.25, 0.3) is 0 Å². The van der Waals surface area contributed by atoms with Gasteiger partial charge in [0.15, 0.2) is 5.75 Å². The van der Waals surface area contributed by atoms with Crippen LogP contribution in [0.4, 0.5) is 0 Å². The molecule has 0 bridgehead atoms. The van der Waals surface area contributed by atoms with E-state index in [9.17, 15) is 13.2 Å². The third kappa shape index (κ3) is 2.66. The summed E-state index contributed by atoms with van der Waals surface area (Å²) >= 11 is 0. The van der Waals surface area contributed by atoms with Crippen molar-refractivity contribution >= 4 is 16.0 Å². The summed E-state index contributed by atoms with van der Waals surface area (Å²) in [5.74, 6) is -1.22. The van der Waals surface area contributed by atoms with Crippen LogP contribution >= 0.6 is 0 Å². The Balaban J connectivity index is 1.90. The lowest BCUT2D eigenvalue weighted by Gasteiger charge is -2.45. The molecule has 3 N–H and O–H groups in total. The Labute approximate surface area is 106 Å². The number of nitrogens with one attached hydrogen (secondary N) is 1. The first-order chi connectivity index (χ1) is 8.44. The monoisotopic (exact) mass is 278 g/mol. The van der Waals surface area contributed by atoms with E-state index in [1.807, 2.05) is 0 Å². The van der Waals surface area contributed by atoms with Crippen LogP contribution in [0.15, 0.2) is 0 Å². The third-order valence-corrected chi connectivity index (χ3v) is 4.62. The van der Waals surface area contributed by atoms with Crippen LogP contribution < -0.4 is 10.5 Å². The van der Waals surface area contributed by atoms with Gasteiger partial charge in [-0.05, 0) is 13.3 Å². The van der Waals surface area contributed by atoms with Gasteiger partial charge in [-0.3, -0.25) is 4.79 Å². The number of esters is 1. The van der Waals surface area contributed by atoms with Gasteiger partial charge in [-0.15, -0.1) is 0 Å². The van der Waals surface area contributed by atoms with Gasteiger partial charge in [0.1, 0.15) is 0 Å². The molecule has 0 aromatic carbocycles. The zero-order valence-electron chi connectivity index (χ0n) is 10.2. The van der Waals surface area contributed by atoms with Crippen molar-refractivity contribution in [3.8, 4) is 0 Å². The van der Waals surface area contributed by atoms with Crippen LogP contribution in [0.3, 0.4) is 0 Å². The first kappa shape index (κ1) is 13.7. The molecule has 0 aromatic rings. The molecular formula is C10H18N2O5S. The second kappa shape index (κ2) is 5.12. The van der Waals surface area contributed by atoms with Crippen LogP contribution in [0.5, 0.6) is 0 Å². The van der Waals surface area contributed by atoms with Crippen molar-refractivity contribution in [2.45, 2.75) is 31.5 Å². The van der Waals surface area contributed by atoms with Crippen LogP contribution in [0.25, 0.3) is 0 Å². The van der Waals surface area contributed by atoms with Crippen molar-refractivity contribution in [2.24, 2.45) is 11.7 Å². The molecule has 1 saturated carbocycles. The summed E-state index contributed by atoms with van der Waals surface area (Å²) in [6, 6.07) is -0.675. The van der Waals surface area contributed by atoms with E-state index >= 15 is 0 Å². The maximum atomic E-state index is 11.7. The van der Waals surface area contributed by atoms with Crippen LogP contribution in [0, 0.1) is 5.92 Å². The predicted octanol–water partition coefficient (Wildman–Crippen LogP) is -1.42. The maximum absolute atomic E-state index is 11.7. The maximum Gasteiger partial charge on any atom is 0.322 e. The van der Waals surface area contributed by atoms with Gasteiger partial charge in [0.05, 0.1) is 18.8 Å². The number of hydrogen-bond acceptors (Lipinski definition) is 6. The van der Waals surface area contributed by atoms with Gasteiger partial charge in [-0.1, -0.05) is 0 Å². The minimum absolute atomic E-state index is 0.156. The molecule has 18 heavy (non-hydrogen) atoms. The van der Waals surface area contributed by atoms with Crippen LogP contribution in [-0.2, 0) is 24.3 Å². The highest BCUT2D eigenvalue weighted by molar-refractivity contribution is 7.90. The van der Waals surface area contributed by atoms with E-state index in [2.05, 4.69) is 9.46 Å². The van der Waals surface area contributed by atoms with Gasteiger partial charge in [-0.25, -0.2) is 13.1 Å². The molecule has 0 amide bonds. The van der Waals surface area contributed by atoms with Crippen molar-refractivity contribution < 1.29 is 22.7 Å². The van der Waals surface area contributed by atoms with Gasteiger partial charge in [-0.2, -0.15) is 0 Å². The minimum Gasteiger partial charge on any atom is -0.465 e. The molecule has 1 aliphatic heterocycles. The summed E-state index contributed by atoms with van der Waals surface area (Å²) in [4.78, 5) is 11.2. The number of hydrogen-bond donors (Lipinski definition) is 2. The summed E-state index contributed by atoms with van der Waals surface area (Å²) in [6.45, 7) is 2.39. The zero-order chi connectivity index (χ0) is 13.3. The molecule has 1 saturated heterocycles. The molecule has 1 heterocycles. The molecule has 2 fully saturated rings. The van der Waals surface area contributed by atoms with Gasteiger partial charge in [0, 0.05) is 18.6 Å². The first-order valence-corrected chi connectivity index (χ1v) is 7.62. The topological polar surface area (TPSA) is 108 Å². The highest BCUT2D eigenvalue weighted by Crippen LogP contribution is 2.37. The summed E-state index contributed by atoms with van der Waals surface area (Å²) in [5, 5.41) is 0. The normalized spacial score (nSPS) is 34.8. The molecule has 4 atom stereocenters. The molecule has 1 aliphatic carbocycles. The lowest BCUT2D eigenvalue weighted by Crippen LogP contribution is -2.69. The highest BCUT2D eigenvalue weighted by atomic mass is 32.2. The number of nitrogens with two attached hydrogens (primary N) is 1. The van der Waals surface area contributed by atoms with Crippen molar-refractivity contribution in [3.63, 3.8) is 0 Å². The van der Waals surface area contributed by atoms with Gasteiger partial charge >= 0.3 is 5.97 Å². The summed E-state index contributed by atoms with van der Waals surface area (Å²) < 4.78 is 35.9. The quantitative estimate of drug-likeness (QED) is 0.598. The molecule has 8 heteroatoms. The van der Waals surface area contributed by atoms with E-state index in [-0.39, 0.29) is 24.7 Å². The number of carbonyl (C=O) groups is 1. The van der Waals surface area contributed by atoms with Gasteiger partial charge < -0.3 is 15.2 Å². The number of carbonyl (C=O) groups excluding carboxylic acids is 1. The average Bonchev–Trinajstić information content (AvgIpc) is 2.70. The zero-order valence-corrected chi connectivity index (χ0v) is 11.0. The van der Waals surface area contributed by atoms with Crippen molar-refractivity contribution in [2.75, 3.05) is 19.0 Å². The molecular weight excluding hydrogens is 260 g/mol. The minimum atomic E-state index is -3.72. The molecule has 104 valence electrons. The Morgan fingerprint density at radius 2 is 2.28 bits per heavy atom. The summed E-state index contributed by atoms with van der Waals surface area (Å²) in [6.07, 6.45) is 0.707. The Hall–Kier alpha value is -0.700. The SMILES string of the molecule is CCOC(=O)CS(=O)(=O)NC1C(N)C2CCOC21. The Bertz CT molecular complexity index is 424. The van der Waals surface area contributed by atoms with Gasteiger partial charge in [0.2, 0.25) is 10.0 Å². The summed E-state index contributed by atoms with van der Waals surface area (Å²) in [7, 11) is -3.72. The lowest BCUT2D eigenvalue weighted by molar-refractivity contribution is -0.140. The van der Waals surface area contributed by atoms with Crippen molar-refractivity contribution in [1.82, 2.24) is 4.72 Å². The van der Waals surface area contributed by atoms with E-state index in [0.29, 0.717) is 6.61 Å². The second-order valence-corrected chi connectivity index (χ2v) is 6.33. The highest BCUT2D eigenvalue weighted by Gasteiger charge is 2.53. The van der Waals surface area contributed by atoms with Crippen molar-refractivity contribution in [3.05, 3.63) is 0 Å². The Morgan fingerprint density at radius 3 is 2.94 bits per heavy atom. The summed E-state index contributed by atoms with van der Waals surface area (Å²) in [5.41, 5.74) is 5.88. The largest absolute Gasteiger partial charge is 0.465 e. The fourth-order valence-electron chi connectivity index (χ4n) is 2.50. The molecule has 2 rings (SSSR count). The fraction of sp³-hybridized carbons (Fsp3) is 0.900. The average molecular weight is 278 g/mol. The van der Waals surface area contributed by atoms with Crippen LogP contribution in [0.1, 0.15) is 13.3 Å². The third-order valence-electron chi connectivity index (χ3n) is 3.38. The molecule has 0 aromatic heterocycles. The lowest BCUT2D eigenvalue weighted by atomic mass is 9.73. The number of sulfonamides is 1. The van der Waals surface area contributed by atoms with E-state index in [0.717, 1.165) is 6.42 Å². The Morgan fingerprint density at radius 1 is 1.56 bits per heavy atom. The van der Waals surface area contributed by atoms with Crippen LogP contribution in [0.2, 0.25) is 0 Å². The van der Waals surface area contributed by atoms with Crippen LogP contribution in [-0.4, -0.2) is 51.5 Å². The van der Waals surface area contributed by atoms with E-state index in [4.69, 9.17) is 10.5 Å². The standard InChI is InChI=1S/C10H18N2O5S/c1-2-16-7(13)5-18(14,15)12-9-8(11)6-3-4-17-10(6)9/h6,8-10,12H,2-5,11H2,1H3. The number of ether oxygens (including phenoxy) is 2. The van der Waals surface area contributed by atoms with E-state index in [1.54, 1.807) is 6.92 Å². The molecule has 2 aliphatic rings.